The third-order valence-electron chi connectivity index (χ3n) is 1.55. The second-order valence-corrected chi connectivity index (χ2v) is 3.24. The van der Waals surface area contributed by atoms with E-state index in [1.807, 2.05) is 20.8 Å². The molecule has 0 bridgehead atoms. The topological polar surface area (TPSA) is 47.6 Å². The molecule has 0 heterocycles. The van der Waals surface area contributed by atoms with Crippen LogP contribution in [0.25, 0.3) is 0 Å². The van der Waals surface area contributed by atoms with Gasteiger partial charge < -0.3 is 14.8 Å². The average Bonchev–Trinajstić information content (AvgIpc) is 2.13. The number of nitrogens with one attached hydrogen (secondary N) is 1. The van der Waals surface area contributed by atoms with E-state index in [0.717, 1.165) is 6.54 Å². The highest BCUT2D eigenvalue weighted by atomic mass is 16.6. The molecule has 0 amide bonds. The Labute approximate surface area is 86.0 Å². The Morgan fingerprint density at radius 3 is 2.64 bits per heavy atom. The van der Waals surface area contributed by atoms with Gasteiger partial charge in [-0.1, -0.05) is 6.92 Å². The van der Waals surface area contributed by atoms with Gasteiger partial charge in [0.15, 0.2) is 0 Å². The molecule has 0 atom stereocenters. The Morgan fingerprint density at radius 2 is 2.07 bits per heavy atom. The fraction of sp³-hybridized carbons (Fsp3) is 0.900. The summed E-state index contributed by atoms with van der Waals surface area (Å²) in [6.07, 6.45) is 0.616. The number of hydrogen-bond acceptors (Lipinski definition) is 4. The molecule has 4 nitrogen and oxygen atoms in total. The molecule has 0 aromatic carbocycles. The van der Waals surface area contributed by atoms with Crippen molar-refractivity contribution in [1.29, 1.82) is 0 Å². The summed E-state index contributed by atoms with van der Waals surface area (Å²) >= 11 is 0. The van der Waals surface area contributed by atoms with Crippen molar-refractivity contribution in [3.63, 3.8) is 0 Å². The second-order valence-electron chi connectivity index (χ2n) is 3.24. The number of ether oxygens (including phenoxy) is 2. The Hall–Kier alpha value is -0.610. The molecule has 0 fully saturated rings. The minimum atomic E-state index is -0.168. The quantitative estimate of drug-likeness (QED) is 0.471. The molecule has 0 unspecified atom stereocenters. The van der Waals surface area contributed by atoms with E-state index in [2.05, 4.69) is 5.32 Å². The molecule has 84 valence electrons. The molecular formula is C10H21NO3. The van der Waals surface area contributed by atoms with E-state index in [1.54, 1.807) is 0 Å². The Morgan fingerprint density at radius 1 is 1.36 bits per heavy atom. The van der Waals surface area contributed by atoms with Crippen molar-refractivity contribution in [2.75, 3.05) is 26.3 Å². The molecule has 4 heteroatoms. The fourth-order valence-electron chi connectivity index (χ4n) is 0.879. The van der Waals surface area contributed by atoms with E-state index in [4.69, 9.17) is 9.47 Å². The van der Waals surface area contributed by atoms with Crippen LogP contribution >= 0.6 is 0 Å². The van der Waals surface area contributed by atoms with Crippen LogP contribution in [0.3, 0.4) is 0 Å². The van der Waals surface area contributed by atoms with E-state index in [9.17, 15) is 4.79 Å². The minimum Gasteiger partial charge on any atom is -0.463 e. The maximum absolute atomic E-state index is 11.0. The SMILES string of the molecule is CCNCCC(=O)OCCOC(C)C. The molecule has 0 aromatic heterocycles. The average molecular weight is 203 g/mol. The van der Waals surface area contributed by atoms with Gasteiger partial charge in [0.05, 0.1) is 19.1 Å². The van der Waals surface area contributed by atoms with Gasteiger partial charge >= 0.3 is 5.97 Å². The minimum absolute atomic E-state index is 0.168. The monoisotopic (exact) mass is 203 g/mol. The first-order valence-corrected chi connectivity index (χ1v) is 5.14. The number of esters is 1. The molecule has 0 aliphatic carbocycles. The molecule has 0 spiro atoms. The van der Waals surface area contributed by atoms with Crippen molar-refractivity contribution in [3.05, 3.63) is 0 Å². The van der Waals surface area contributed by atoms with Crippen molar-refractivity contribution >= 4 is 5.97 Å². The highest BCUT2D eigenvalue weighted by Gasteiger charge is 2.01. The van der Waals surface area contributed by atoms with Gasteiger partial charge in [-0.05, 0) is 20.4 Å². The van der Waals surface area contributed by atoms with Crippen molar-refractivity contribution in [1.82, 2.24) is 5.32 Å². The highest BCUT2D eigenvalue weighted by molar-refractivity contribution is 5.69. The molecule has 0 rings (SSSR count). The summed E-state index contributed by atoms with van der Waals surface area (Å²) in [7, 11) is 0. The highest BCUT2D eigenvalue weighted by Crippen LogP contribution is 1.89. The Bertz CT molecular complexity index is 148. The second kappa shape index (κ2) is 8.97. The van der Waals surface area contributed by atoms with Crippen molar-refractivity contribution in [3.8, 4) is 0 Å². The molecule has 1 N–H and O–H groups in total. The maximum Gasteiger partial charge on any atom is 0.307 e. The maximum atomic E-state index is 11.0. The van der Waals surface area contributed by atoms with Gasteiger partial charge in [-0.25, -0.2) is 0 Å². The molecule has 14 heavy (non-hydrogen) atoms. The lowest BCUT2D eigenvalue weighted by Gasteiger charge is -2.08. The first-order valence-electron chi connectivity index (χ1n) is 5.14. The number of rotatable bonds is 8. The van der Waals surface area contributed by atoms with Crippen LogP contribution in [0.15, 0.2) is 0 Å². The zero-order chi connectivity index (χ0) is 10.8. The molecule has 0 aliphatic heterocycles. The van der Waals surface area contributed by atoms with Gasteiger partial charge in [-0.3, -0.25) is 4.79 Å². The summed E-state index contributed by atoms with van der Waals surface area (Å²) in [4.78, 5) is 11.0. The normalized spacial score (nSPS) is 10.6. The zero-order valence-electron chi connectivity index (χ0n) is 9.34. The summed E-state index contributed by atoms with van der Waals surface area (Å²) in [6.45, 7) is 8.29. The molecule has 0 saturated carbocycles. The fourth-order valence-corrected chi connectivity index (χ4v) is 0.879. The first-order chi connectivity index (χ1) is 6.66. The van der Waals surface area contributed by atoms with E-state index in [-0.39, 0.29) is 12.1 Å². The van der Waals surface area contributed by atoms with Crippen LogP contribution in [0, 0.1) is 0 Å². The summed E-state index contributed by atoms with van der Waals surface area (Å²) in [5.74, 6) is -0.168. The van der Waals surface area contributed by atoms with Gasteiger partial charge in [0.1, 0.15) is 6.61 Å². The van der Waals surface area contributed by atoms with Gasteiger partial charge in [0.2, 0.25) is 0 Å². The van der Waals surface area contributed by atoms with Crippen LogP contribution in [0.1, 0.15) is 27.2 Å². The van der Waals surface area contributed by atoms with Crippen LogP contribution in [0.5, 0.6) is 0 Å². The predicted molar refractivity (Wildman–Crippen MR) is 55.2 cm³/mol. The predicted octanol–water partition coefficient (Wildman–Crippen LogP) is 0.954. The van der Waals surface area contributed by atoms with E-state index in [1.165, 1.54) is 0 Å². The summed E-state index contributed by atoms with van der Waals surface area (Å²) < 4.78 is 10.2. The van der Waals surface area contributed by atoms with Crippen molar-refractivity contribution < 1.29 is 14.3 Å². The summed E-state index contributed by atoms with van der Waals surface area (Å²) in [5.41, 5.74) is 0. The Balaban J connectivity index is 3.18. The van der Waals surface area contributed by atoms with E-state index in [0.29, 0.717) is 26.2 Å². The van der Waals surface area contributed by atoms with Crippen LogP contribution in [-0.4, -0.2) is 38.4 Å². The third kappa shape index (κ3) is 9.48. The molecule has 0 radical (unpaired) electrons. The standard InChI is InChI=1S/C10H21NO3/c1-4-11-6-5-10(12)14-8-7-13-9(2)3/h9,11H,4-8H2,1-3H3. The summed E-state index contributed by atoms with van der Waals surface area (Å²) in [6, 6.07) is 0. The molecular weight excluding hydrogens is 182 g/mol. The number of carbonyl (C=O) groups is 1. The van der Waals surface area contributed by atoms with Gasteiger partial charge in [-0.15, -0.1) is 0 Å². The first kappa shape index (κ1) is 13.4. The zero-order valence-corrected chi connectivity index (χ0v) is 9.34. The lowest BCUT2D eigenvalue weighted by Crippen LogP contribution is -2.20. The van der Waals surface area contributed by atoms with Gasteiger partial charge in [0, 0.05) is 6.54 Å². The Kier molecular flexibility index (Phi) is 8.57. The smallest absolute Gasteiger partial charge is 0.307 e. The van der Waals surface area contributed by atoms with Crippen molar-refractivity contribution in [2.45, 2.75) is 33.3 Å². The molecule has 0 aromatic rings. The van der Waals surface area contributed by atoms with Crippen LogP contribution < -0.4 is 5.32 Å². The van der Waals surface area contributed by atoms with Crippen molar-refractivity contribution in [2.24, 2.45) is 0 Å². The number of carbonyl (C=O) groups excluding carboxylic acids is 1. The largest absolute Gasteiger partial charge is 0.463 e. The lowest BCUT2D eigenvalue weighted by atomic mass is 10.4. The molecule has 0 saturated heterocycles. The van der Waals surface area contributed by atoms with E-state index < -0.39 is 0 Å². The van der Waals surface area contributed by atoms with Gasteiger partial charge in [-0.2, -0.15) is 0 Å². The third-order valence-corrected chi connectivity index (χ3v) is 1.55. The van der Waals surface area contributed by atoms with E-state index >= 15 is 0 Å². The lowest BCUT2D eigenvalue weighted by molar-refractivity contribution is -0.145. The summed E-state index contributed by atoms with van der Waals surface area (Å²) in [5, 5.41) is 3.06. The van der Waals surface area contributed by atoms with Crippen LogP contribution in [-0.2, 0) is 14.3 Å². The van der Waals surface area contributed by atoms with Crippen LogP contribution in [0.4, 0.5) is 0 Å². The molecule has 0 aliphatic rings. The number of hydrogen-bond donors (Lipinski definition) is 1. The van der Waals surface area contributed by atoms with Crippen LogP contribution in [0.2, 0.25) is 0 Å². The van der Waals surface area contributed by atoms with Gasteiger partial charge in [0.25, 0.3) is 0 Å².